The van der Waals surface area contributed by atoms with E-state index in [0.29, 0.717) is 18.9 Å². The van der Waals surface area contributed by atoms with E-state index in [2.05, 4.69) is 23.6 Å². The van der Waals surface area contributed by atoms with Gasteiger partial charge in [0.25, 0.3) is 5.91 Å². The van der Waals surface area contributed by atoms with Gasteiger partial charge >= 0.3 is 0 Å². The Hall–Kier alpha value is -2.01. The summed E-state index contributed by atoms with van der Waals surface area (Å²) >= 11 is 0. The van der Waals surface area contributed by atoms with Gasteiger partial charge in [-0.15, -0.1) is 0 Å². The summed E-state index contributed by atoms with van der Waals surface area (Å²) in [6.07, 6.45) is 4.09. The third kappa shape index (κ3) is 5.77. The van der Waals surface area contributed by atoms with Crippen LogP contribution in [0.2, 0.25) is 0 Å². The van der Waals surface area contributed by atoms with Gasteiger partial charge in [-0.25, -0.2) is 0 Å². The van der Waals surface area contributed by atoms with Gasteiger partial charge in [0.2, 0.25) is 0 Å². The zero-order chi connectivity index (χ0) is 15.6. The quantitative estimate of drug-likeness (QED) is 0.720. The first-order valence-corrected chi connectivity index (χ1v) is 7.79. The average Bonchev–Trinajstić information content (AvgIpc) is 2.58. The normalized spacial score (nSPS) is 14.1. The third-order valence-corrected chi connectivity index (χ3v) is 3.34. The molecule has 0 unspecified atom stereocenters. The van der Waals surface area contributed by atoms with Crippen molar-refractivity contribution in [3.05, 3.63) is 35.9 Å². The molecule has 22 heavy (non-hydrogen) atoms. The molecule has 1 amide bonds. The molecule has 120 valence electrons. The van der Waals surface area contributed by atoms with Crippen molar-refractivity contribution in [1.82, 2.24) is 10.6 Å². The fraction of sp³-hybridized carbons (Fsp3) is 0.471. The molecule has 1 aromatic carbocycles. The highest BCUT2D eigenvalue weighted by molar-refractivity contribution is 5.77. The van der Waals surface area contributed by atoms with Crippen molar-refractivity contribution < 1.29 is 14.3 Å². The Labute approximate surface area is 131 Å². The number of benzene rings is 1. The van der Waals surface area contributed by atoms with E-state index in [1.165, 1.54) is 5.57 Å². The lowest BCUT2D eigenvalue weighted by Gasteiger charge is -2.14. The largest absolute Gasteiger partial charge is 0.494 e. The Balaban J connectivity index is 1.68. The molecule has 5 nitrogen and oxygen atoms in total. The minimum absolute atomic E-state index is 0.0285. The van der Waals surface area contributed by atoms with Gasteiger partial charge < -0.3 is 20.1 Å². The average molecular weight is 304 g/mol. The highest BCUT2D eigenvalue weighted by Crippen LogP contribution is 2.17. The van der Waals surface area contributed by atoms with Crippen molar-refractivity contribution >= 4 is 5.91 Å². The summed E-state index contributed by atoms with van der Waals surface area (Å²) in [6, 6.07) is 7.33. The van der Waals surface area contributed by atoms with Crippen LogP contribution >= 0.6 is 0 Å². The lowest BCUT2D eigenvalue weighted by molar-refractivity contribution is -0.122. The molecule has 1 aliphatic rings. The molecule has 1 aliphatic heterocycles. The van der Waals surface area contributed by atoms with Crippen LogP contribution in [0, 0.1) is 0 Å². The maximum absolute atomic E-state index is 11.8. The van der Waals surface area contributed by atoms with E-state index in [-0.39, 0.29) is 12.5 Å². The standard InChI is InChI=1S/C17H24N2O3/c1-2-11-21-15-3-5-16(6-4-15)22-13-17(20)19-12-14-7-9-18-10-8-14/h3-7,18H,2,8-13H2,1H3,(H,19,20). The Morgan fingerprint density at radius 3 is 2.59 bits per heavy atom. The van der Waals surface area contributed by atoms with Crippen molar-refractivity contribution in [1.29, 1.82) is 0 Å². The number of carbonyl (C=O) groups excluding carboxylic acids is 1. The van der Waals surface area contributed by atoms with Crippen LogP contribution < -0.4 is 20.1 Å². The molecule has 1 heterocycles. The molecular formula is C17H24N2O3. The summed E-state index contributed by atoms with van der Waals surface area (Å²) in [5.41, 5.74) is 1.27. The van der Waals surface area contributed by atoms with E-state index >= 15 is 0 Å². The number of hydrogen-bond donors (Lipinski definition) is 2. The number of ether oxygens (including phenoxy) is 2. The topological polar surface area (TPSA) is 59.6 Å². The Bertz CT molecular complexity index is 497. The highest BCUT2D eigenvalue weighted by atomic mass is 16.5. The van der Waals surface area contributed by atoms with Gasteiger partial charge in [0.05, 0.1) is 6.61 Å². The smallest absolute Gasteiger partial charge is 0.258 e. The zero-order valence-corrected chi connectivity index (χ0v) is 13.1. The fourth-order valence-electron chi connectivity index (χ4n) is 2.09. The van der Waals surface area contributed by atoms with Crippen LogP contribution in [-0.2, 0) is 4.79 Å². The van der Waals surface area contributed by atoms with E-state index in [1.807, 2.05) is 24.3 Å². The van der Waals surface area contributed by atoms with Crippen molar-refractivity contribution in [3.8, 4) is 11.5 Å². The molecule has 0 radical (unpaired) electrons. The SMILES string of the molecule is CCCOc1ccc(OCC(=O)NCC2=CCNCC2)cc1. The fourth-order valence-corrected chi connectivity index (χ4v) is 2.09. The Morgan fingerprint density at radius 2 is 1.95 bits per heavy atom. The van der Waals surface area contributed by atoms with E-state index in [0.717, 1.165) is 31.7 Å². The van der Waals surface area contributed by atoms with E-state index in [4.69, 9.17) is 9.47 Å². The second kappa shape index (κ2) is 9.10. The number of rotatable bonds is 8. The number of hydrogen-bond acceptors (Lipinski definition) is 4. The van der Waals surface area contributed by atoms with Crippen molar-refractivity contribution in [2.75, 3.05) is 32.8 Å². The molecule has 0 atom stereocenters. The third-order valence-electron chi connectivity index (χ3n) is 3.34. The van der Waals surface area contributed by atoms with Gasteiger partial charge in [0.1, 0.15) is 11.5 Å². The molecular weight excluding hydrogens is 280 g/mol. The zero-order valence-electron chi connectivity index (χ0n) is 13.1. The number of carbonyl (C=O) groups is 1. The molecule has 0 saturated heterocycles. The molecule has 5 heteroatoms. The van der Waals surface area contributed by atoms with Crippen LogP contribution in [0.3, 0.4) is 0 Å². The minimum atomic E-state index is -0.106. The number of nitrogens with one attached hydrogen (secondary N) is 2. The van der Waals surface area contributed by atoms with Crippen LogP contribution in [0.4, 0.5) is 0 Å². The summed E-state index contributed by atoms with van der Waals surface area (Å²) < 4.78 is 11.0. The molecule has 0 saturated carbocycles. The van der Waals surface area contributed by atoms with Gasteiger partial charge in [0.15, 0.2) is 6.61 Å². The second-order valence-electron chi connectivity index (χ2n) is 5.20. The predicted octanol–water partition coefficient (Wildman–Crippen LogP) is 1.89. The van der Waals surface area contributed by atoms with Crippen LogP contribution in [0.25, 0.3) is 0 Å². The molecule has 0 spiro atoms. The maximum Gasteiger partial charge on any atom is 0.258 e. The summed E-state index contributed by atoms with van der Waals surface area (Å²) in [5, 5.41) is 6.12. The first-order valence-electron chi connectivity index (χ1n) is 7.79. The van der Waals surface area contributed by atoms with Gasteiger partial charge in [-0.1, -0.05) is 18.6 Å². The van der Waals surface area contributed by atoms with Gasteiger partial charge in [-0.05, 0) is 43.7 Å². The Morgan fingerprint density at radius 1 is 1.23 bits per heavy atom. The summed E-state index contributed by atoms with van der Waals surface area (Å²) in [4.78, 5) is 11.8. The molecule has 1 aromatic rings. The van der Waals surface area contributed by atoms with E-state index in [9.17, 15) is 4.79 Å². The molecule has 2 rings (SSSR count). The lowest BCUT2D eigenvalue weighted by Crippen LogP contribution is -2.32. The lowest BCUT2D eigenvalue weighted by atomic mass is 10.1. The molecule has 2 N–H and O–H groups in total. The van der Waals surface area contributed by atoms with Gasteiger partial charge in [-0.2, -0.15) is 0 Å². The van der Waals surface area contributed by atoms with Crippen molar-refractivity contribution in [3.63, 3.8) is 0 Å². The van der Waals surface area contributed by atoms with Crippen LogP contribution in [0.15, 0.2) is 35.9 Å². The van der Waals surface area contributed by atoms with Crippen molar-refractivity contribution in [2.24, 2.45) is 0 Å². The number of amides is 1. The maximum atomic E-state index is 11.8. The van der Waals surface area contributed by atoms with Crippen LogP contribution in [0.1, 0.15) is 19.8 Å². The first kappa shape index (κ1) is 16.4. The molecule has 0 aromatic heterocycles. The Kier molecular flexibility index (Phi) is 6.77. The minimum Gasteiger partial charge on any atom is -0.494 e. The van der Waals surface area contributed by atoms with Crippen molar-refractivity contribution in [2.45, 2.75) is 19.8 Å². The van der Waals surface area contributed by atoms with E-state index in [1.54, 1.807) is 0 Å². The van der Waals surface area contributed by atoms with E-state index < -0.39 is 0 Å². The molecule has 0 fully saturated rings. The first-order chi connectivity index (χ1) is 10.8. The summed E-state index contributed by atoms with van der Waals surface area (Å²) in [5.74, 6) is 1.38. The summed E-state index contributed by atoms with van der Waals surface area (Å²) in [7, 11) is 0. The monoisotopic (exact) mass is 304 g/mol. The van der Waals surface area contributed by atoms with Crippen LogP contribution in [-0.4, -0.2) is 38.8 Å². The van der Waals surface area contributed by atoms with Gasteiger partial charge in [-0.3, -0.25) is 4.79 Å². The van der Waals surface area contributed by atoms with Gasteiger partial charge in [0, 0.05) is 13.1 Å². The highest BCUT2D eigenvalue weighted by Gasteiger charge is 2.06. The predicted molar refractivity (Wildman–Crippen MR) is 86.3 cm³/mol. The van der Waals surface area contributed by atoms with Crippen LogP contribution in [0.5, 0.6) is 11.5 Å². The molecule has 0 bridgehead atoms. The second-order valence-corrected chi connectivity index (χ2v) is 5.20. The summed E-state index contributed by atoms with van der Waals surface area (Å²) in [6.45, 7) is 5.26. The molecule has 0 aliphatic carbocycles.